The molecule has 3 heterocycles. The number of fused-ring (bicyclic) bond motifs is 1. The van der Waals surface area contributed by atoms with E-state index in [1.807, 2.05) is 60.1 Å². The molecule has 0 amide bonds. The lowest BCUT2D eigenvalue weighted by molar-refractivity contribution is 0.200. The lowest BCUT2D eigenvalue weighted by atomic mass is 9.99. The first kappa shape index (κ1) is 25.8. The normalized spacial score (nSPS) is 14.9. The Bertz CT molecular complexity index is 1690. The Kier molecular flexibility index (Phi) is 7.04. The summed E-state index contributed by atoms with van der Waals surface area (Å²) >= 11 is 0. The summed E-state index contributed by atoms with van der Waals surface area (Å²) in [4.78, 5) is 21.6. The third-order valence-electron chi connectivity index (χ3n) is 7.85. The van der Waals surface area contributed by atoms with Crippen LogP contribution in [0.1, 0.15) is 34.1 Å². The number of anilines is 1. The van der Waals surface area contributed by atoms with Gasteiger partial charge in [-0.1, -0.05) is 54.6 Å². The maximum atomic E-state index is 13.7. The summed E-state index contributed by atoms with van der Waals surface area (Å²) in [5.74, 6) is 1.51. The van der Waals surface area contributed by atoms with Crippen LogP contribution in [0.3, 0.4) is 0 Å². The molecule has 0 radical (unpaired) electrons. The van der Waals surface area contributed by atoms with Gasteiger partial charge in [0.05, 0.1) is 24.9 Å². The summed E-state index contributed by atoms with van der Waals surface area (Å²) < 4.78 is 7.44. The number of hydrogen-bond acceptors (Lipinski definition) is 7. The molecule has 0 saturated carbocycles. The minimum absolute atomic E-state index is 0.118. The number of aromatic nitrogens is 5. The summed E-state index contributed by atoms with van der Waals surface area (Å²) in [6.07, 6.45) is 0. The maximum absolute atomic E-state index is 13.7. The first-order chi connectivity index (χ1) is 19.5. The molecule has 204 valence electrons. The predicted octanol–water partition coefficient (Wildman–Crippen LogP) is 4.10. The molecular weight excluding hydrogens is 502 g/mol. The molecular formula is C31H33N7O2. The number of benzene rings is 3. The van der Waals surface area contributed by atoms with Gasteiger partial charge in [0.25, 0.3) is 5.56 Å². The standard InChI is InChI=1S/C31H33N7O2/c1-21-13-14-22(2)28-24(21)19-25(31(39)32-28)29(30-33-34-35-38(30)20-23-9-5-4-6-10-23)37-17-15-36(16-18-37)26-11-7-8-12-27(26)40-3/h4-14,19,29H,15-18,20H2,1-3H3,(H,32,39). The SMILES string of the molecule is COc1ccccc1N1CCN(C(c2cc3c(C)ccc(C)c3[nH]c2=O)c2nnnn2Cc2ccccc2)CC1. The average molecular weight is 536 g/mol. The number of tetrazole rings is 1. The van der Waals surface area contributed by atoms with Crippen molar-refractivity contribution in [3.8, 4) is 5.75 Å². The van der Waals surface area contributed by atoms with Crippen LogP contribution in [-0.2, 0) is 6.54 Å². The van der Waals surface area contributed by atoms with Crippen LogP contribution in [0.5, 0.6) is 5.75 Å². The zero-order valence-electron chi connectivity index (χ0n) is 23.0. The van der Waals surface area contributed by atoms with Crippen LogP contribution in [-0.4, -0.2) is 63.4 Å². The lowest BCUT2D eigenvalue weighted by Crippen LogP contribution is -2.49. The molecule has 0 spiro atoms. The van der Waals surface area contributed by atoms with Crippen molar-refractivity contribution in [3.63, 3.8) is 0 Å². The number of nitrogens with one attached hydrogen (secondary N) is 1. The van der Waals surface area contributed by atoms with E-state index in [2.05, 4.69) is 61.5 Å². The molecule has 9 nitrogen and oxygen atoms in total. The molecule has 9 heteroatoms. The maximum Gasteiger partial charge on any atom is 0.253 e. The van der Waals surface area contributed by atoms with E-state index >= 15 is 0 Å². The van der Waals surface area contributed by atoms with Crippen molar-refractivity contribution in [3.05, 3.63) is 111 Å². The summed E-state index contributed by atoms with van der Waals surface area (Å²) in [7, 11) is 1.70. The Hall–Kier alpha value is -4.50. The molecule has 40 heavy (non-hydrogen) atoms. The number of nitrogens with zero attached hydrogens (tertiary/aromatic N) is 6. The molecule has 1 unspecified atom stereocenters. The van der Waals surface area contributed by atoms with E-state index in [9.17, 15) is 4.79 Å². The second kappa shape index (κ2) is 10.9. The predicted molar refractivity (Wildman–Crippen MR) is 156 cm³/mol. The summed E-state index contributed by atoms with van der Waals surface area (Å²) in [6, 6.07) is 24.0. The lowest BCUT2D eigenvalue weighted by Gasteiger charge is -2.40. The third-order valence-corrected chi connectivity index (χ3v) is 7.85. The highest BCUT2D eigenvalue weighted by molar-refractivity contribution is 5.85. The van der Waals surface area contributed by atoms with Gasteiger partial charge in [-0.15, -0.1) is 5.10 Å². The molecule has 6 rings (SSSR count). The highest BCUT2D eigenvalue weighted by Crippen LogP contribution is 2.32. The Morgan fingerprint density at radius 3 is 2.42 bits per heavy atom. The second-order valence-corrected chi connectivity index (χ2v) is 10.3. The molecule has 1 aliphatic heterocycles. The smallest absolute Gasteiger partial charge is 0.253 e. The third kappa shape index (κ3) is 4.84. The molecule has 5 aromatic rings. The van der Waals surface area contributed by atoms with E-state index in [-0.39, 0.29) is 5.56 Å². The van der Waals surface area contributed by atoms with Gasteiger partial charge in [-0.25, -0.2) is 4.68 Å². The van der Waals surface area contributed by atoms with Crippen molar-refractivity contribution in [2.75, 3.05) is 38.2 Å². The van der Waals surface area contributed by atoms with E-state index in [1.54, 1.807) is 7.11 Å². The first-order valence-electron chi connectivity index (χ1n) is 13.6. The highest BCUT2D eigenvalue weighted by atomic mass is 16.5. The first-order valence-corrected chi connectivity index (χ1v) is 13.6. The Morgan fingerprint density at radius 1 is 0.925 bits per heavy atom. The van der Waals surface area contributed by atoms with E-state index in [1.165, 1.54) is 0 Å². The number of piperazine rings is 1. The van der Waals surface area contributed by atoms with Gasteiger partial charge in [-0.2, -0.15) is 0 Å². The zero-order valence-corrected chi connectivity index (χ0v) is 23.0. The fraction of sp³-hybridized carbons (Fsp3) is 0.290. The molecule has 1 aliphatic rings. The number of pyridine rings is 1. The van der Waals surface area contributed by atoms with Crippen molar-refractivity contribution < 1.29 is 4.74 Å². The number of H-pyrrole nitrogens is 1. The van der Waals surface area contributed by atoms with Crippen LogP contribution < -0.4 is 15.2 Å². The summed E-state index contributed by atoms with van der Waals surface area (Å²) in [5, 5.41) is 14.0. The molecule has 0 aliphatic carbocycles. The number of ether oxygens (including phenoxy) is 1. The largest absolute Gasteiger partial charge is 0.495 e. The van der Waals surface area contributed by atoms with Gasteiger partial charge in [0.2, 0.25) is 0 Å². The van der Waals surface area contributed by atoms with Crippen molar-refractivity contribution in [2.24, 2.45) is 0 Å². The van der Waals surface area contributed by atoms with E-state index in [4.69, 9.17) is 4.74 Å². The van der Waals surface area contributed by atoms with Gasteiger partial charge in [0.15, 0.2) is 5.82 Å². The van der Waals surface area contributed by atoms with Gasteiger partial charge < -0.3 is 14.6 Å². The van der Waals surface area contributed by atoms with Gasteiger partial charge in [0, 0.05) is 37.1 Å². The molecule has 3 aromatic carbocycles. The van der Waals surface area contributed by atoms with Crippen LogP contribution in [0.2, 0.25) is 0 Å². The number of para-hydroxylation sites is 2. The number of hydrogen-bond donors (Lipinski definition) is 1. The van der Waals surface area contributed by atoms with Crippen LogP contribution >= 0.6 is 0 Å². The number of aryl methyl sites for hydroxylation is 2. The van der Waals surface area contributed by atoms with Crippen LogP contribution in [0, 0.1) is 13.8 Å². The van der Waals surface area contributed by atoms with E-state index in [0.717, 1.165) is 65.2 Å². The Labute approximate surface area is 233 Å². The number of aromatic amines is 1. The monoisotopic (exact) mass is 535 g/mol. The quantitative estimate of drug-likeness (QED) is 0.336. The average Bonchev–Trinajstić information content (AvgIpc) is 3.44. The molecule has 1 N–H and O–H groups in total. The van der Waals surface area contributed by atoms with Crippen LogP contribution in [0.25, 0.3) is 10.9 Å². The molecule has 1 fully saturated rings. The number of rotatable bonds is 7. The topological polar surface area (TPSA) is 92.2 Å². The fourth-order valence-corrected chi connectivity index (χ4v) is 5.68. The second-order valence-electron chi connectivity index (χ2n) is 10.3. The van der Waals surface area contributed by atoms with Crippen molar-refractivity contribution in [1.29, 1.82) is 0 Å². The Morgan fingerprint density at radius 2 is 1.65 bits per heavy atom. The molecule has 1 saturated heterocycles. The van der Waals surface area contributed by atoms with Crippen molar-refractivity contribution in [1.82, 2.24) is 30.1 Å². The van der Waals surface area contributed by atoms with Gasteiger partial charge in [0.1, 0.15) is 11.8 Å². The summed E-state index contributed by atoms with van der Waals surface area (Å²) in [5.41, 5.74) is 5.72. The highest BCUT2D eigenvalue weighted by Gasteiger charge is 2.33. The van der Waals surface area contributed by atoms with Crippen molar-refractivity contribution >= 4 is 16.6 Å². The van der Waals surface area contributed by atoms with E-state index < -0.39 is 6.04 Å². The van der Waals surface area contributed by atoms with Gasteiger partial charge in [-0.3, -0.25) is 9.69 Å². The van der Waals surface area contributed by atoms with Crippen LogP contribution in [0.15, 0.2) is 77.6 Å². The molecule has 0 bridgehead atoms. The Balaban J connectivity index is 1.41. The summed E-state index contributed by atoms with van der Waals surface area (Å²) in [6.45, 7) is 7.62. The van der Waals surface area contributed by atoms with Gasteiger partial charge >= 0.3 is 0 Å². The molecule has 2 aromatic heterocycles. The van der Waals surface area contributed by atoms with E-state index in [0.29, 0.717) is 17.9 Å². The van der Waals surface area contributed by atoms with Crippen molar-refractivity contribution in [2.45, 2.75) is 26.4 Å². The minimum Gasteiger partial charge on any atom is -0.495 e. The minimum atomic E-state index is -0.411. The van der Waals surface area contributed by atoms with Gasteiger partial charge in [-0.05, 0) is 59.2 Å². The zero-order chi connectivity index (χ0) is 27.6. The van der Waals surface area contributed by atoms with Crippen LogP contribution in [0.4, 0.5) is 5.69 Å². The molecule has 1 atom stereocenters. The fourth-order valence-electron chi connectivity index (χ4n) is 5.68. The number of methoxy groups -OCH3 is 1.